The number of piperidine rings is 1. The minimum absolute atomic E-state index is 0.472. The summed E-state index contributed by atoms with van der Waals surface area (Å²) in [7, 11) is 0. The molecule has 3 aliphatic rings. The van der Waals surface area contributed by atoms with E-state index in [0.717, 1.165) is 57.6 Å². The van der Waals surface area contributed by atoms with Gasteiger partial charge in [-0.05, 0) is 41.9 Å². The fourth-order valence-electron chi connectivity index (χ4n) is 4.77. The van der Waals surface area contributed by atoms with Crippen LogP contribution in [0.4, 0.5) is 11.6 Å². The van der Waals surface area contributed by atoms with Crippen LogP contribution in [0.1, 0.15) is 38.5 Å². The van der Waals surface area contributed by atoms with Crippen molar-refractivity contribution in [1.29, 1.82) is 0 Å². The average Bonchev–Trinajstić information content (AvgIpc) is 3.40. The number of anilines is 2. The number of fused-ring (bicyclic) bond motifs is 1. The third kappa shape index (κ3) is 3.91. The minimum atomic E-state index is 0.472. The fraction of sp³-hybridized carbons (Fsp3) is 0.789. The van der Waals surface area contributed by atoms with E-state index in [2.05, 4.69) is 25.4 Å². The number of aromatic nitrogens is 4. The standard InChI is InChI=1S/C19H29N7O2/c1-2-6-15(5-1)20-18-19(22-17-16(21-18)23-28-24-17)26-7-3-4-14(13-26)12-25-8-10-27-11-9-25/h14-15H,1-13H2,(H,20,21,23)/t14-/m0/s1. The van der Waals surface area contributed by atoms with Gasteiger partial charge in [0.25, 0.3) is 0 Å². The first-order valence-corrected chi connectivity index (χ1v) is 10.7. The van der Waals surface area contributed by atoms with E-state index < -0.39 is 0 Å². The van der Waals surface area contributed by atoms with E-state index in [0.29, 0.717) is 23.3 Å². The molecule has 4 heterocycles. The van der Waals surface area contributed by atoms with E-state index in [-0.39, 0.29) is 0 Å². The molecule has 2 aromatic rings. The molecule has 1 atom stereocenters. The van der Waals surface area contributed by atoms with Crippen LogP contribution < -0.4 is 10.2 Å². The Labute approximate surface area is 164 Å². The summed E-state index contributed by atoms with van der Waals surface area (Å²) in [5.41, 5.74) is 0.966. The van der Waals surface area contributed by atoms with Crippen molar-refractivity contribution in [2.75, 3.05) is 56.2 Å². The van der Waals surface area contributed by atoms with Gasteiger partial charge in [0.15, 0.2) is 11.6 Å². The van der Waals surface area contributed by atoms with Crippen molar-refractivity contribution in [1.82, 2.24) is 25.2 Å². The Balaban J connectivity index is 1.35. The summed E-state index contributed by atoms with van der Waals surface area (Å²) in [5.74, 6) is 2.38. The van der Waals surface area contributed by atoms with Crippen LogP contribution in [-0.4, -0.2) is 77.2 Å². The molecule has 1 aliphatic carbocycles. The molecule has 0 bridgehead atoms. The van der Waals surface area contributed by atoms with E-state index in [1.54, 1.807) is 0 Å². The van der Waals surface area contributed by atoms with Gasteiger partial charge in [0.2, 0.25) is 11.3 Å². The van der Waals surface area contributed by atoms with Gasteiger partial charge in [0, 0.05) is 38.8 Å². The molecular formula is C19H29N7O2. The SMILES string of the molecule is C1CCC(Nc2nc3nonc3nc2N2CCC[C@@H](CN3CCOCC3)C2)C1. The van der Waals surface area contributed by atoms with E-state index in [9.17, 15) is 0 Å². The number of ether oxygens (including phenoxy) is 1. The molecule has 5 rings (SSSR count). The van der Waals surface area contributed by atoms with Gasteiger partial charge in [-0.1, -0.05) is 12.8 Å². The summed E-state index contributed by atoms with van der Waals surface area (Å²) in [6.45, 7) is 6.93. The van der Waals surface area contributed by atoms with Crippen molar-refractivity contribution in [2.24, 2.45) is 5.92 Å². The first-order chi connectivity index (χ1) is 13.8. The van der Waals surface area contributed by atoms with Gasteiger partial charge in [-0.2, -0.15) is 0 Å². The molecule has 2 aromatic heterocycles. The van der Waals surface area contributed by atoms with Gasteiger partial charge < -0.3 is 15.0 Å². The summed E-state index contributed by atoms with van der Waals surface area (Å²) in [6.07, 6.45) is 7.37. The Kier molecular flexibility index (Phi) is 5.26. The van der Waals surface area contributed by atoms with Crippen molar-refractivity contribution in [3.63, 3.8) is 0 Å². The Morgan fingerprint density at radius 3 is 2.54 bits per heavy atom. The highest BCUT2D eigenvalue weighted by atomic mass is 16.6. The Hall–Kier alpha value is -2.00. The molecule has 9 heteroatoms. The maximum absolute atomic E-state index is 5.49. The lowest BCUT2D eigenvalue weighted by Crippen LogP contribution is -2.45. The van der Waals surface area contributed by atoms with Crippen LogP contribution >= 0.6 is 0 Å². The lowest BCUT2D eigenvalue weighted by molar-refractivity contribution is 0.0296. The number of rotatable bonds is 5. The van der Waals surface area contributed by atoms with Crippen LogP contribution in [0.5, 0.6) is 0 Å². The van der Waals surface area contributed by atoms with Gasteiger partial charge in [-0.3, -0.25) is 4.90 Å². The Morgan fingerprint density at radius 2 is 1.71 bits per heavy atom. The predicted octanol–water partition coefficient (Wildman–Crippen LogP) is 1.92. The third-order valence-electron chi connectivity index (χ3n) is 6.23. The summed E-state index contributed by atoms with van der Waals surface area (Å²) >= 11 is 0. The molecular weight excluding hydrogens is 358 g/mol. The van der Waals surface area contributed by atoms with Crippen LogP contribution in [-0.2, 0) is 4.74 Å². The Morgan fingerprint density at radius 1 is 0.929 bits per heavy atom. The van der Waals surface area contributed by atoms with Crippen LogP contribution in [0, 0.1) is 5.92 Å². The Bertz CT molecular complexity index is 786. The molecule has 9 nitrogen and oxygen atoms in total. The second-order valence-corrected chi connectivity index (χ2v) is 8.30. The number of hydrogen-bond acceptors (Lipinski definition) is 9. The average molecular weight is 387 g/mol. The van der Waals surface area contributed by atoms with Gasteiger partial charge in [-0.25, -0.2) is 14.6 Å². The highest BCUT2D eigenvalue weighted by Gasteiger charge is 2.28. The summed E-state index contributed by atoms with van der Waals surface area (Å²) in [5, 5.41) is 11.5. The zero-order valence-electron chi connectivity index (χ0n) is 16.3. The molecule has 1 saturated carbocycles. The van der Waals surface area contributed by atoms with E-state index in [1.807, 2.05) is 0 Å². The van der Waals surface area contributed by atoms with Gasteiger partial charge in [0.1, 0.15) is 0 Å². The molecule has 0 amide bonds. The van der Waals surface area contributed by atoms with Crippen molar-refractivity contribution < 1.29 is 9.37 Å². The largest absolute Gasteiger partial charge is 0.379 e. The van der Waals surface area contributed by atoms with E-state index in [4.69, 9.17) is 19.3 Å². The maximum Gasteiger partial charge on any atom is 0.245 e. The van der Waals surface area contributed by atoms with Crippen LogP contribution in [0.3, 0.4) is 0 Å². The van der Waals surface area contributed by atoms with E-state index in [1.165, 1.54) is 38.5 Å². The topological polar surface area (TPSA) is 92.4 Å². The van der Waals surface area contributed by atoms with Crippen molar-refractivity contribution in [2.45, 2.75) is 44.6 Å². The number of morpholine rings is 1. The zero-order chi connectivity index (χ0) is 18.8. The lowest BCUT2D eigenvalue weighted by Gasteiger charge is -2.37. The number of nitrogens with one attached hydrogen (secondary N) is 1. The monoisotopic (exact) mass is 387 g/mol. The smallest absolute Gasteiger partial charge is 0.245 e. The van der Waals surface area contributed by atoms with Crippen molar-refractivity contribution in [3.8, 4) is 0 Å². The summed E-state index contributed by atoms with van der Waals surface area (Å²) < 4.78 is 10.4. The molecule has 0 spiro atoms. The van der Waals surface area contributed by atoms with Gasteiger partial charge in [-0.15, -0.1) is 0 Å². The van der Waals surface area contributed by atoms with Gasteiger partial charge >= 0.3 is 0 Å². The molecule has 152 valence electrons. The molecule has 28 heavy (non-hydrogen) atoms. The van der Waals surface area contributed by atoms with Gasteiger partial charge in [0.05, 0.1) is 13.2 Å². The summed E-state index contributed by atoms with van der Waals surface area (Å²) in [4.78, 5) is 14.4. The summed E-state index contributed by atoms with van der Waals surface area (Å²) in [6, 6.07) is 0.472. The van der Waals surface area contributed by atoms with Crippen LogP contribution in [0.15, 0.2) is 4.63 Å². The molecule has 0 radical (unpaired) electrons. The molecule has 2 aliphatic heterocycles. The maximum atomic E-state index is 5.49. The van der Waals surface area contributed by atoms with E-state index >= 15 is 0 Å². The molecule has 3 fully saturated rings. The third-order valence-corrected chi connectivity index (χ3v) is 6.23. The number of hydrogen-bond donors (Lipinski definition) is 1. The predicted molar refractivity (Wildman–Crippen MR) is 105 cm³/mol. The van der Waals surface area contributed by atoms with Crippen molar-refractivity contribution in [3.05, 3.63) is 0 Å². The second-order valence-electron chi connectivity index (χ2n) is 8.30. The highest BCUT2D eigenvalue weighted by Crippen LogP contribution is 2.31. The quantitative estimate of drug-likeness (QED) is 0.826. The fourth-order valence-corrected chi connectivity index (χ4v) is 4.77. The van der Waals surface area contributed by atoms with Crippen LogP contribution in [0.2, 0.25) is 0 Å². The number of nitrogens with zero attached hydrogens (tertiary/aromatic N) is 6. The van der Waals surface area contributed by atoms with Crippen molar-refractivity contribution >= 4 is 22.9 Å². The lowest BCUT2D eigenvalue weighted by atomic mass is 9.97. The normalized spacial score (nSPS) is 24.9. The molecule has 2 saturated heterocycles. The first kappa shape index (κ1) is 18.1. The highest BCUT2D eigenvalue weighted by molar-refractivity contribution is 5.74. The minimum Gasteiger partial charge on any atom is -0.379 e. The first-order valence-electron chi connectivity index (χ1n) is 10.7. The molecule has 0 unspecified atom stereocenters. The van der Waals surface area contributed by atoms with Crippen LogP contribution in [0.25, 0.3) is 11.3 Å². The second kappa shape index (κ2) is 8.16. The molecule has 1 N–H and O–H groups in total. The zero-order valence-corrected chi connectivity index (χ0v) is 16.3. The molecule has 0 aromatic carbocycles.